The largest absolute Gasteiger partial charge is 0.354 e. The molecular formula is C27H23N4O6+. The summed E-state index contributed by atoms with van der Waals surface area (Å²) in [6.45, 7) is 0.882. The average Bonchev–Trinajstić information content (AvgIpc) is 3.27. The van der Waals surface area contributed by atoms with Gasteiger partial charge >= 0.3 is 11.8 Å². The highest BCUT2D eigenvalue weighted by Crippen LogP contribution is 2.32. The molecule has 2 aliphatic heterocycles. The third kappa shape index (κ3) is 4.11. The molecule has 0 unspecified atom stereocenters. The molecule has 1 N–H and O–H groups in total. The van der Waals surface area contributed by atoms with E-state index in [1.165, 1.54) is 17.0 Å². The first kappa shape index (κ1) is 24.2. The molecule has 2 heterocycles. The van der Waals surface area contributed by atoms with Crippen molar-refractivity contribution in [2.24, 2.45) is 0 Å². The van der Waals surface area contributed by atoms with Crippen molar-refractivity contribution in [1.82, 2.24) is 10.2 Å². The molecule has 0 saturated heterocycles. The fourth-order valence-electron chi connectivity index (χ4n) is 4.90. The smallest absolute Gasteiger partial charge is 0.310 e. The highest BCUT2D eigenvalue weighted by Gasteiger charge is 2.53. The lowest BCUT2D eigenvalue weighted by Gasteiger charge is -2.29. The first-order chi connectivity index (χ1) is 17.8. The maximum absolute atomic E-state index is 13.5. The van der Waals surface area contributed by atoms with Crippen LogP contribution in [0.1, 0.15) is 47.0 Å². The van der Waals surface area contributed by atoms with Gasteiger partial charge < -0.3 is 5.32 Å². The molecule has 0 bridgehead atoms. The number of quaternary nitrogens is 1. The minimum Gasteiger partial charge on any atom is -0.310 e. The molecule has 10 heteroatoms. The lowest BCUT2D eigenvalue weighted by atomic mass is 10.1. The molecule has 0 aromatic heterocycles. The molecule has 0 radical (unpaired) electrons. The number of rotatable bonds is 9. The van der Waals surface area contributed by atoms with E-state index in [9.17, 15) is 29.3 Å². The molecule has 0 fully saturated rings. The Labute approximate surface area is 211 Å². The number of carbonyl (C=O) groups is 4. The van der Waals surface area contributed by atoms with Crippen LogP contribution in [0, 0.1) is 10.1 Å². The summed E-state index contributed by atoms with van der Waals surface area (Å²) < 4.78 is -0.489. The Hall–Kier alpha value is -4.54. The van der Waals surface area contributed by atoms with E-state index in [4.69, 9.17) is 0 Å². The molecular weight excluding hydrogens is 476 g/mol. The van der Waals surface area contributed by atoms with Crippen molar-refractivity contribution in [3.8, 4) is 0 Å². The maximum atomic E-state index is 13.5. The molecule has 10 nitrogen and oxygen atoms in total. The van der Waals surface area contributed by atoms with Crippen molar-refractivity contribution in [2.45, 2.75) is 6.54 Å². The molecule has 186 valence electrons. The molecule has 4 amide bonds. The molecule has 2 aliphatic rings. The van der Waals surface area contributed by atoms with Crippen LogP contribution in [0.4, 0.5) is 5.69 Å². The Kier molecular flexibility index (Phi) is 6.20. The second-order valence-electron chi connectivity index (χ2n) is 8.99. The summed E-state index contributed by atoms with van der Waals surface area (Å²) in [6, 6.07) is 19.1. The predicted molar refractivity (Wildman–Crippen MR) is 132 cm³/mol. The highest BCUT2D eigenvalue weighted by molar-refractivity contribution is 6.21. The van der Waals surface area contributed by atoms with Crippen LogP contribution >= 0.6 is 0 Å². The van der Waals surface area contributed by atoms with Crippen molar-refractivity contribution in [3.63, 3.8) is 0 Å². The fourth-order valence-corrected chi connectivity index (χ4v) is 4.90. The zero-order chi connectivity index (χ0) is 26.2. The van der Waals surface area contributed by atoms with E-state index in [0.29, 0.717) is 34.4 Å². The van der Waals surface area contributed by atoms with E-state index in [0.717, 1.165) is 0 Å². The first-order valence-electron chi connectivity index (χ1n) is 11.8. The third-order valence-electron chi connectivity index (χ3n) is 6.83. The Morgan fingerprint density at radius 1 is 0.730 bits per heavy atom. The van der Waals surface area contributed by atoms with Crippen molar-refractivity contribution in [1.29, 1.82) is 0 Å². The van der Waals surface area contributed by atoms with Gasteiger partial charge in [-0.2, -0.15) is 4.48 Å². The number of nitrogens with zero attached hydrogens (tertiary/aromatic N) is 3. The molecule has 0 spiro atoms. The summed E-state index contributed by atoms with van der Waals surface area (Å²) in [5.74, 6) is -1.35. The number of fused-ring (bicyclic) bond motifs is 2. The number of imide groups is 2. The van der Waals surface area contributed by atoms with Crippen LogP contribution in [0.5, 0.6) is 0 Å². The third-order valence-corrected chi connectivity index (χ3v) is 6.83. The van der Waals surface area contributed by atoms with Crippen LogP contribution in [-0.4, -0.2) is 64.1 Å². The molecule has 0 atom stereocenters. The second kappa shape index (κ2) is 9.49. The normalized spacial score (nSPS) is 15.7. The maximum Gasteiger partial charge on any atom is 0.354 e. The Morgan fingerprint density at radius 2 is 1.24 bits per heavy atom. The second-order valence-corrected chi connectivity index (χ2v) is 8.99. The van der Waals surface area contributed by atoms with Gasteiger partial charge in [0.25, 0.3) is 17.5 Å². The average molecular weight is 500 g/mol. The molecule has 5 rings (SSSR count). The summed E-state index contributed by atoms with van der Waals surface area (Å²) in [5.41, 5.74) is 2.00. The summed E-state index contributed by atoms with van der Waals surface area (Å²) in [4.78, 5) is 63.8. The van der Waals surface area contributed by atoms with Crippen LogP contribution < -0.4 is 5.32 Å². The van der Waals surface area contributed by atoms with E-state index < -0.39 is 9.41 Å². The van der Waals surface area contributed by atoms with E-state index in [1.807, 2.05) is 0 Å². The van der Waals surface area contributed by atoms with Crippen molar-refractivity contribution in [3.05, 3.63) is 111 Å². The van der Waals surface area contributed by atoms with Gasteiger partial charge in [0.15, 0.2) is 0 Å². The number of amides is 4. The summed E-state index contributed by atoms with van der Waals surface area (Å²) in [7, 11) is 0. The van der Waals surface area contributed by atoms with Gasteiger partial charge in [-0.1, -0.05) is 24.3 Å². The van der Waals surface area contributed by atoms with E-state index >= 15 is 0 Å². The number of hydrogen-bond acceptors (Lipinski definition) is 7. The van der Waals surface area contributed by atoms with Crippen molar-refractivity contribution >= 4 is 29.3 Å². The minimum absolute atomic E-state index is 0.0461. The van der Waals surface area contributed by atoms with Gasteiger partial charge in [0, 0.05) is 37.3 Å². The van der Waals surface area contributed by atoms with Crippen LogP contribution in [0.3, 0.4) is 0 Å². The lowest BCUT2D eigenvalue weighted by molar-refractivity contribution is -0.776. The van der Waals surface area contributed by atoms with Gasteiger partial charge in [-0.3, -0.25) is 24.6 Å². The van der Waals surface area contributed by atoms with Crippen LogP contribution in [0.15, 0.2) is 72.8 Å². The number of non-ortho nitro benzene ring substituents is 1. The van der Waals surface area contributed by atoms with Gasteiger partial charge in [0.05, 0.1) is 27.2 Å². The van der Waals surface area contributed by atoms with Crippen LogP contribution in [0.2, 0.25) is 0 Å². The Balaban J connectivity index is 1.29. The number of carbonyl (C=O) groups excluding carboxylic acids is 4. The Morgan fingerprint density at radius 3 is 1.76 bits per heavy atom. The molecule has 0 aliphatic carbocycles. The SMILES string of the molecule is O=C1c2ccccc2C(=O)N1CCNCC[N+]1(Cc2ccc([N+](=O)[O-])cc2)C(=O)c2ccccc2C1=O. The minimum atomic E-state index is -0.506. The number of benzene rings is 3. The molecule has 0 saturated carbocycles. The van der Waals surface area contributed by atoms with Crippen LogP contribution in [-0.2, 0) is 6.54 Å². The zero-order valence-corrected chi connectivity index (χ0v) is 19.8. The van der Waals surface area contributed by atoms with E-state index in [2.05, 4.69) is 5.32 Å². The molecule has 37 heavy (non-hydrogen) atoms. The predicted octanol–water partition coefficient (Wildman–Crippen LogP) is 2.79. The fraction of sp³-hybridized carbons (Fsp3) is 0.185. The number of hydrogen-bond donors (Lipinski definition) is 1. The zero-order valence-electron chi connectivity index (χ0n) is 19.8. The number of nitro benzene ring substituents is 1. The first-order valence-corrected chi connectivity index (χ1v) is 11.8. The highest BCUT2D eigenvalue weighted by atomic mass is 16.6. The standard InChI is InChI=1S/C27H23N4O6/c32-24-20-5-1-2-6-21(20)25(33)29(24)15-13-28-14-16-31(17-18-9-11-19(12-10-18)30(36)37)26(34)22-7-3-4-8-23(22)27(31)35/h1-12,28H,13-17H2/q+1. The lowest BCUT2D eigenvalue weighted by Crippen LogP contribution is -2.55. The van der Waals surface area contributed by atoms with Gasteiger partial charge in [-0.15, -0.1) is 0 Å². The molecule has 3 aromatic carbocycles. The van der Waals surface area contributed by atoms with Gasteiger partial charge in [-0.25, -0.2) is 9.59 Å². The van der Waals surface area contributed by atoms with Crippen molar-refractivity contribution < 1.29 is 28.6 Å². The quantitative estimate of drug-likeness (QED) is 0.158. The van der Waals surface area contributed by atoms with Crippen LogP contribution in [0.25, 0.3) is 0 Å². The monoisotopic (exact) mass is 499 g/mol. The summed E-state index contributed by atoms with van der Waals surface area (Å²) >= 11 is 0. The topological polar surface area (TPSA) is 127 Å². The number of nitrogens with one attached hydrogen (secondary N) is 1. The van der Waals surface area contributed by atoms with Gasteiger partial charge in [0.2, 0.25) is 0 Å². The van der Waals surface area contributed by atoms with E-state index in [-0.39, 0.29) is 55.5 Å². The molecule has 3 aromatic rings. The van der Waals surface area contributed by atoms with Gasteiger partial charge in [0.1, 0.15) is 13.1 Å². The van der Waals surface area contributed by atoms with Crippen molar-refractivity contribution in [2.75, 3.05) is 26.2 Å². The van der Waals surface area contributed by atoms with Gasteiger partial charge in [-0.05, 0) is 36.4 Å². The summed E-state index contributed by atoms with van der Waals surface area (Å²) in [6.07, 6.45) is 0. The number of nitro groups is 1. The summed E-state index contributed by atoms with van der Waals surface area (Å²) in [5, 5.41) is 14.2. The Bertz CT molecular complexity index is 1380. The van der Waals surface area contributed by atoms with E-state index in [1.54, 1.807) is 60.7 Å².